The number of carbonyl (C=O) groups excluding carboxylic acids is 1. The highest BCUT2D eigenvalue weighted by Gasteiger charge is 2.13. The number of ether oxygens (including phenoxy) is 1. The van der Waals surface area contributed by atoms with Crippen molar-refractivity contribution in [2.75, 3.05) is 11.9 Å². The van der Waals surface area contributed by atoms with Gasteiger partial charge < -0.3 is 10.1 Å². The molecule has 2 aromatic rings. The van der Waals surface area contributed by atoms with Crippen LogP contribution in [0.3, 0.4) is 0 Å². The number of amides is 1. The van der Waals surface area contributed by atoms with Crippen molar-refractivity contribution in [3.05, 3.63) is 55.6 Å². The lowest BCUT2D eigenvalue weighted by Gasteiger charge is -2.13. The number of hydrogen-bond donors (Lipinski definition) is 1. The summed E-state index contributed by atoms with van der Waals surface area (Å²) in [6.45, 7) is 4.47. The molecule has 0 aromatic heterocycles. The number of aryl methyl sites for hydroxylation is 1. The van der Waals surface area contributed by atoms with Gasteiger partial charge in [-0.15, -0.1) is 0 Å². The highest BCUT2D eigenvalue weighted by Crippen LogP contribution is 2.27. The molecule has 0 aliphatic carbocycles. The minimum absolute atomic E-state index is 0.162. The topological polar surface area (TPSA) is 38.3 Å². The smallest absolute Gasteiger partial charge is 0.256 e. The van der Waals surface area contributed by atoms with Crippen molar-refractivity contribution in [3.8, 4) is 5.75 Å². The number of anilines is 1. The molecule has 5 heteroatoms. The molecule has 0 heterocycles. The third kappa shape index (κ3) is 4.20. The summed E-state index contributed by atoms with van der Waals surface area (Å²) < 4.78 is 7.36. The standard InChI is InChI=1S/C16H15BrINO2/c1-3-21-15-8-10(2)4-7-14(15)19-16(20)12-9-11(18)5-6-13(12)17/h4-9H,3H2,1-2H3,(H,19,20). The van der Waals surface area contributed by atoms with E-state index in [0.29, 0.717) is 23.6 Å². The third-order valence-electron chi connectivity index (χ3n) is 2.86. The molecule has 0 aliphatic heterocycles. The molecule has 1 N–H and O–H groups in total. The molecule has 21 heavy (non-hydrogen) atoms. The second-order valence-electron chi connectivity index (χ2n) is 4.51. The van der Waals surface area contributed by atoms with Gasteiger partial charge in [0.05, 0.1) is 17.9 Å². The van der Waals surface area contributed by atoms with E-state index in [1.165, 1.54) is 0 Å². The minimum Gasteiger partial charge on any atom is -0.492 e. The van der Waals surface area contributed by atoms with E-state index in [1.54, 1.807) is 0 Å². The molecule has 0 radical (unpaired) electrons. The molecule has 0 atom stereocenters. The molecular weight excluding hydrogens is 445 g/mol. The number of hydrogen-bond acceptors (Lipinski definition) is 2. The van der Waals surface area contributed by atoms with Crippen LogP contribution >= 0.6 is 38.5 Å². The van der Waals surface area contributed by atoms with Gasteiger partial charge >= 0.3 is 0 Å². The number of nitrogens with one attached hydrogen (secondary N) is 1. The Morgan fingerprint density at radius 2 is 2.05 bits per heavy atom. The van der Waals surface area contributed by atoms with Crippen LogP contribution in [0.25, 0.3) is 0 Å². The molecule has 0 spiro atoms. The van der Waals surface area contributed by atoms with Crippen molar-refractivity contribution < 1.29 is 9.53 Å². The Kier molecular flexibility index (Phi) is 5.64. The highest BCUT2D eigenvalue weighted by molar-refractivity contribution is 14.1. The molecule has 0 saturated carbocycles. The fraction of sp³-hybridized carbons (Fsp3) is 0.188. The Balaban J connectivity index is 2.29. The summed E-state index contributed by atoms with van der Waals surface area (Å²) >= 11 is 5.60. The Hall–Kier alpha value is -1.08. The van der Waals surface area contributed by atoms with Crippen molar-refractivity contribution in [2.45, 2.75) is 13.8 Å². The van der Waals surface area contributed by atoms with Gasteiger partial charge in [-0.05, 0) is 88.3 Å². The number of halogens is 2. The van der Waals surface area contributed by atoms with Gasteiger partial charge in [0, 0.05) is 8.04 Å². The zero-order valence-corrected chi connectivity index (χ0v) is 15.5. The maximum atomic E-state index is 12.4. The van der Waals surface area contributed by atoms with Crippen molar-refractivity contribution in [1.29, 1.82) is 0 Å². The minimum atomic E-state index is -0.162. The SMILES string of the molecule is CCOc1cc(C)ccc1NC(=O)c1cc(I)ccc1Br. The summed E-state index contributed by atoms with van der Waals surface area (Å²) in [6, 6.07) is 11.4. The Morgan fingerprint density at radius 3 is 2.76 bits per heavy atom. The molecule has 0 fully saturated rings. The first-order chi connectivity index (χ1) is 10.0. The van der Waals surface area contributed by atoms with Gasteiger partial charge in [-0.2, -0.15) is 0 Å². The molecule has 3 nitrogen and oxygen atoms in total. The molecule has 0 aliphatic rings. The summed E-state index contributed by atoms with van der Waals surface area (Å²) in [7, 11) is 0. The van der Waals surface area contributed by atoms with Gasteiger partial charge in [0.25, 0.3) is 5.91 Å². The van der Waals surface area contributed by atoms with E-state index >= 15 is 0 Å². The zero-order valence-electron chi connectivity index (χ0n) is 11.7. The number of benzene rings is 2. The van der Waals surface area contributed by atoms with Crippen LogP contribution in [0, 0.1) is 10.5 Å². The Morgan fingerprint density at radius 1 is 1.29 bits per heavy atom. The lowest BCUT2D eigenvalue weighted by atomic mass is 10.2. The van der Waals surface area contributed by atoms with E-state index in [1.807, 2.05) is 50.2 Å². The molecule has 110 valence electrons. The molecular formula is C16H15BrINO2. The molecule has 2 aromatic carbocycles. The van der Waals surface area contributed by atoms with E-state index in [-0.39, 0.29) is 5.91 Å². The monoisotopic (exact) mass is 459 g/mol. The first-order valence-electron chi connectivity index (χ1n) is 6.51. The fourth-order valence-corrected chi connectivity index (χ4v) is 2.79. The Bertz CT molecular complexity index is 673. The van der Waals surface area contributed by atoms with Gasteiger partial charge in [-0.25, -0.2) is 0 Å². The fourth-order valence-electron chi connectivity index (χ4n) is 1.87. The summed E-state index contributed by atoms with van der Waals surface area (Å²) in [5.41, 5.74) is 2.37. The zero-order chi connectivity index (χ0) is 15.4. The van der Waals surface area contributed by atoms with Crippen molar-refractivity contribution >= 4 is 50.1 Å². The highest BCUT2D eigenvalue weighted by atomic mass is 127. The second kappa shape index (κ2) is 7.26. The molecule has 2 rings (SSSR count). The molecule has 0 bridgehead atoms. The predicted molar refractivity (Wildman–Crippen MR) is 97.2 cm³/mol. The van der Waals surface area contributed by atoms with Gasteiger partial charge in [-0.1, -0.05) is 6.07 Å². The predicted octanol–water partition coefficient (Wildman–Crippen LogP) is 5.01. The first-order valence-corrected chi connectivity index (χ1v) is 8.38. The van der Waals surface area contributed by atoms with Crippen LogP contribution in [0.1, 0.15) is 22.8 Å². The van der Waals surface area contributed by atoms with Crippen molar-refractivity contribution in [3.63, 3.8) is 0 Å². The maximum absolute atomic E-state index is 12.4. The number of carbonyl (C=O) groups is 1. The summed E-state index contributed by atoms with van der Waals surface area (Å²) in [5, 5.41) is 2.91. The largest absolute Gasteiger partial charge is 0.492 e. The summed E-state index contributed by atoms with van der Waals surface area (Å²) in [5.74, 6) is 0.526. The van der Waals surface area contributed by atoms with Crippen molar-refractivity contribution in [1.82, 2.24) is 0 Å². The van der Waals surface area contributed by atoms with E-state index < -0.39 is 0 Å². The number of rotatable bonds is 4. The average Bonchev–Trinajstić information content (AvgIpc) is 2.44. The lowest BCUT2D eigenvalue weighted by molar-refractivity contribution is 0.102. The summed E-state index contributed by atoms with van der Waals surface area (Å²) in [6.07, 6.45) is 0. The van der Waals surface area contributed by atoms with Crippen LogP contribution in [0.5, 0.6) is 5.75 Å². The van der Waals surface area contributed by atoms with Crippen LogP contribution in [0.2, 0.25) is 0 Å². The van der Waals surface area contributed by atoms with Crippen LogP contribution < -0.4 is 10.1 Å². The van der Waals surface area contributed by atoms with E-state index in [9.17, 15) is 4.79 Å². The van der Waals surface area contributed by atoms with Gasteiger partial charge in [0.15, 0.2) is 0 Å². The molecule has 1 amide bonds. The summed E-state index contributed by atoms with van der Waals surface area (Å²) in [4.78, 5) is 12.4. The second-order valence-corrected chi connectivity index (χ2v) is 6.61. The van der Waals surface area contributed by atoms with Crippen LogP contribution in [0.4, 0.5) is 5.69 Å². The normalized spacial score (nSPS) is 10.3. The average molecular weight is 460 g/mol. The maximum Gasteiger partial charge on any atom is 0.256 e. The lowest BCUT2D eigenvalue weighted by Crippen LogP contribution is -2.14. The van der Waals surface area contributed by atoms with E-state index in [2.05, 4.69) is 43.8 Å². The quantitative estimate of drug-likeness (QED) is 0.652. The first kappa shape index (κ1) is 16.3. The van der Waals surface area contributed by atoms with Gasteiger partial charge in [0.1, 0.15) is 5.75 Å². The molecule has 0 unspecified atom stereocenters. The molecule has 0 saturated heterocycles. The van der Waals surface area contributed by atoms with Crippen molar-refractivity contribution in [2.24, 2.45) is 0 Å². The third-order valence-corrected chi connectivity index (χ3v) is 4.22. The Labute approximate surface area is 146 Å². The van der Waals surface area contributed by atoms with Crippen LogP contribution in [0.15, 0.2) is 40.9 Å². The van der Waals surface area contributed by atoms with Crippen LogP contribution in [-0.4, -0.2) is 12.5 Å². The van der Waals surface area contributed by atoms with E-state index in [0.717, 1.165) is 13.6 Å². The van der Waals surface area contributed by atoms with E-state index in [4.69, 9.17) is 4.74 Å². The van der Waals surface area contributed by atoms with Gasteiger partial charge in [-0.3, -0.25) is 4.79 Å². The van der Waals surface area contributed by atoms with Gasteiger partial charge in [0.2, 0.25) is 0 Å². The van der Waals surface area contributed by atoms with Crippen LogP contribution in [-0.2, 0) is 0 Å².